The van der Waals surface area contributed by atoms with Gasteiger partial charge >= 0.3 is 0 Å². The van der Waals surface area contributed by atoms with Crippen molar-refractivity contribution in [2.75, 3.05) is 45.9 Å². The number of nitrogens with one attached hydrogen (secondary N) is 2. The molecule has 1 aliphatic rings. The fourth-order valence-electron chi connectivity index (χ4n) is 2.62. The highest BCUT2D eigenvalue weighted by Crippen LogP contribution is 2.34. The van der Waals surface area contributed by atoms with Crippen molar-refractivity contribution in [1.82, 2.24) is 20.5 Å². The number of aryl methyl sites for hydroxylation is 1. The summed E-state index contributed by atoms with van der Waals surface area (Å²) in [7, 11) is 0. The van der Waals surface area contributed by atoms with Gasteiger partial charge in [-0.15, -0.1) is 22.7 Å². The van der Waals surface area contributed by atoms with E-state index in [4.69, 9.17) is 16.3 Å². The number of halogens is 1. The van der Waals surface area contributed by atoms with Gasteiger partial charge in [-0.1, -0.05) is 11.6 Å². The Morgan fingerprint density at radius 1 is 1.26 bits per heavy atom. The van der Waals surface area contributed by atoms with Crippen LogP contribution in [0.3, 0.4) is 0 Å². The van der Waals surface area contributed by atoms with Gasteiger partial charge in [0.05, 0.1) is 34.7 Å². The quantitative estimate of drug-likeness (QED) is 0.704. The summed E-state index contributed by atoms with van der Waals surface area (Å²) in [5.41, 5.74) is 0.643. The minimum Gasteiger partial charge on any atom is -0.379 e. The number of nitrogens with zero attached hydrogens (tertiary/aromatic N) is 2. The monoisotopic (exact) mass is 428 g/mol. The highest BCUT2D eigenvalue weighted by Gasteiger charge is 2.18. The lowest BCUT2D eigenvalue weighted by molar-refractivity contribution is -0.120. The van der Waals surface area contributed by atoms with Crippen molar-refractivity contribution >= 4 is 46.1 Å². The van der Waals surface area contributed by atoms with Gasteiger partial charge in [-0.05, 0) is 19.1 Å². The summed E-state index contributed by atoms with van der Waals surface area (Å²) in [4.78, 5) is 32.4. The van der Waals surface area contributed by atoms with E-state index >= 15 is 0 Å². The number of hydrogen-bond donors (Lipinski definition) is 2. The molecule has 3 rings (SSSR count). The van der Waals surface area contributed by atoms with E-state index in [2.05, 4.69) is 20.5 Å². The van der Waals surface area contributed by atoms with Gasteiger partial charge in [-0.3, -0.25) is 14.5 Å². The van der Waals surface area contributed by atoms with Gasteiger partial charge in [0.2, 0.25) is 5.91 Å². The molecule has 1 saturated heterocycles. The molecule has 7 nitrogen and oxygen atoms in total. The number of hydrogen-bond acceptors (Lipinski definition) is 7. The van der Waals surface area contributed by atoms with Crippen LogP contribution < -0.4 is 10.6 Å². The van der Waals surface area contributed by atoms with Crippen LogP contribution in [0.5, 0.6) is 0 Å². The maximum absolute atomic E-state index is 12.4. The van der Waals surface area contributed by atoms with Gasteiger partial charge in [-0.25, -0.2) is 4.98 Å². The SMILES string of the molecule is Cc1nc(-c2ccc(Cl)s2)sc1C(=O)NCC(=O)NCCN1CCOCC1. The number of ether oxygens (including phenoxy) is 1. The summed E-state index contributed by atoms with van der Waals surface area (Å²) in [6, 6.07) is 3.69. The number of carbonyl (C=O) groups is 2. The fraction of sp³-hybridized carbons (Fsp3) is 0.471. The predicted molar refractivity (Wildman–Crippen MR) is 108 cm³/mol. The molecule has 1 fully saturated rings. The van der Waals surface area contributed by atoms with Gasteiger partial charge < -0.3 is 15.4 Å². The molecule has 2 aromatic rings. The lowest BCUT2D eigenvalue weighted by Gasteiger charge is -2.26. The molecule has 0 aromatic carbocycles. The van der Waals surface area contributed by atoms with E-state index in [1.165, 1.54) is 22.7 Å². The third-order valence-corrected chi connectivity index (χ3v) is 6.61. The topological polar surface area (TPSA) is 83.6 Å². The molecule has 0 radical (unpaired) electrons. The Morgan fingerprint density at radius 3 is 2.74 bits per heavy atom. The van der Waals surface area contributed by atoms with Crippen molar-refractivity contribution in [3.63, 3.8) is 0 Å². The minimum atomic E-state index is -0.290. The van der Waals surface area contributed by atoms with E-state index in [0.29, 0.717) is 21.5 Å². The summed E-state index contributed by atoms with van der Waals surface area (Å²) in [6.07, 6.45) is 0. The summed E-state index contributed by atoms with van der Waals surface area (Å²) < 4.78 is 5.97. The van der Waals surface area contributed by atoms with Crippen molar-refractivity contribution in [2.24, 2.45) is 0 Å². The van der Waals surface area contributed by atoms with E-state index in [1.54, 1.807) is 13.0 Å². The Labute approximate surface area is 170 Å². The van der Waals surface area contributed by atoms with Gasteiger partial charge in [0.25, 0.3) is 5.91 Å². The highest BCUT2D eigenvalue weighted by atomic mass is 35.5. The van der Waals surface area contributed by atoms with Crippen LogP contribution in [-0.4, -0.2) is 67.6 Å². The molecule has 3 heterocycles. The van der Waals surface area contributed by atoms with Crippen LogP contribution >= 0.6 is 34.3 Å². The number of thiophene rings is 1. The van der Waals surface area contributed by atoms with E-state index in [-0.39, 0.29) is 18.4 Å². The van der Waals surface area contributed by atoms with Crippen molar-refractivity contribution in [2.45, 2.75) is 6.92 Å². The molecule has 1 aliphatic heterocycles. The molecule has 10 heteroatoms. The molecule has 0 spiro atoms. The normalized spacial score (nSPS) is 14.9. The van der Waals surface area contributed by atoms with Gasteiger partial charge in [0, 0.05) is 26.2 Å². The molecule has 2 N–H and O–H groups in total. The first-order valence-corrected chi connectivity index (χ1v) is 10.6. The Balaban J connectivity index is 1.44. The van der Waals surface area contributed by atoms with Crippen LogP contribution in [0.15, 0.2) is 12.1 Å². The van der Waals surface area contributed by atoms with Crippen LogP contribution in [0.4, 0.5) is 0 Å². The summed E-state index contributed by atoms with van der Waals surface area (Å²) in [6.45, 7) is 6.30. The molecule has 0 saturated carbocycles. The molecule has 0 bridgehead atoms. The molecule has 27 heavy (non-hydrogen) atoms. The van der Waals surface area contributed by atoms with Gasteiger partial charge in [0.15, 0.2) is 0 Å². The van der Waals surface area contributed by atoms with Crippen molar-refractivity contribution < 1.29 is 14.3 Å². The zero-order valence-corrected chi connectivity index (χ0v) is 17.3. The number of morpholine rings is 1. The molecule has 0 unspecified atom stereocenters. The van der Waals surface area contributed by atoms with Crippen LogP contribution in [-0.2, 0) is 9.53 Å². The zero-order chi connectivity index (χ0) is 19.2. The molecule has 146 valence electrons. The zero-order valence-electron chi connectivity index (χ0n) is 14.9. The first-order valence-electron chi connectivity index (χ1n) is 8.61. The predicted octanol–water partition coefficient (Wildman–Crippen LogP) is 2.01. The number of rotatable bonds is 7. The molecule has 0 aliphatic carbocycles. The van der Waals surface area contributed by atoms with Crippen LogP contribution in [0.25, 0.3) is 9.88 Å². The smallest absolute Gasteiger partial charge is 0.263 e. The van der Waals surface area contributed by atoms with E-state index < -0.39 is 0 Å². The summed E-state index contributed by atoms with van der Waals surface area (Å²) >= 11 is 8.68. The Hall–Kier alpha value is -1.52. The average molecular weight is 429 g/mol. The van der Waals surface area contributed by atoms with E-state index in [9.17, 15) is 9.59 Å². The molecule has 2 aromatic heterocycles. The maximum Gasteiger partial charge on any atom is 0.263 e. The first-order chi connectivity index (χ1) is 13.0. The van der Waals surface area contributed by atoms with Crippen LogP contribution in [0.2, 0.25) is 4.34 Å². The Morgan fingerprint density at radius 2 is 2.04 bits per heavy atom. The maximum atomic E-state index is 12.4. The van der Waals surface area contributed by atoms with Crippen LogP contribution in [0, 0.1) is 6.92 Å². The largest absolute Gasteiger partial charge is 0.379 e. The molecule has 2 amide bonds. The first kappa shape index (κ1) is 20.2. The standard InChI is InChI=1S/C17H21ClN4O3S2/c1-11-15(27-17(21-11)12-2-3-13(18)26-12)16(24)20-10-14(23)19-4-5-22-6-8-25-9-7-22/h2-3H,4-10H2,1H3,(H,19,23)(H,20,24). The lowest BCUT2D eigenvalue weighted by Crippen LogP contribution is -2.43. The second-order valence-electron chi connectivity index (χ2n) is 6.02. The van der Waals surface area contributed by atoms with Crippen LogP contribution in [0.1, 0.15) is 15.4 Å². The second-order valence-corrected chi connectivity index (χ2v) is 8.74. The number of thiazole rings is 1. The number of aromatic nitrogens is 1. The minimum absolute atomic E-state index is 0.0561. The Bertz CT molecular complexity index is 802. The van der Waals surface area contributed by atoms with E-state index in [0.717, 1.165) is 42.7 Å². The summed E-state index contributed by atoms with van der Waals surface area (Å²) in [5.74, 6) is -0.494. The van der Waals surface area contributed by atoms with Crippen molar-refractivity contribution in [3.05, 3.63) is 27.0 Å². The number of amides is 2. The fourth-order valence-corrected chi connectivity index (χ4v) is 4.70. The second kappa shape index (κ2) is 9.61. The van der Waals surface area contributed by atoms with E-state index in [1.807, 2.05) is 6.07 Å². The number of carbonyl (C=O) groups excluding carboxylic acids is 2. The van der Waals surface area contributed by atoms with Gasteiger partial charge in [-0.2, -0.15) is 0 Å². The molecular weight excluding hydrogens is 408 g/mol. The van der Waals surface area contributed by atoms with Gasteiger partial charge in [0.1, 0.15) is 9.88 Å². The highest BCUT2D eigenvalue weighted by molar-refractivity contribution is 7.24. The average Bonchev–Trinajstić information content (AvgIpc) is 3.26. The molecule has 0 atom stereocenters. The third-order valence-electron chi connectivity index (χ3n) is 4.05. The summed E-state index contributed by atoms with van der Waals surface area (Å²) in [5, 5.41) is 6.24. The lowest BCUT2D eigenvalue weighted by atomic mass is 10.3. The third kappa shape index (κ3) is 5.73. The van der Waals surface area contributed by atoms with Crippen molar-refractivity contribution in [3.8, 4) is 9.88 Å². The molecular formula is C17H21ClN4O3S2. The Kier molecular flexibility index (Phi) is 7.20. The van der Waals surface area contributed by atoms with Crippen molar-refractivity contribution in [1.29, 1.82) is 0 Å².